The van der Waals surface area contributed by atoms with Crippen LogP contribution in [-0.2, 0) is 15.6 Å². The van der Waals surface area contributed by atoms with Crippen LogP contribution in [0.1, 0.15) is 35.2 Å². The van der Waals surface area contributed by atoms with Crippen molar-refractivity contribution in [2.45, 2.75) is 29.9 Å². The monoisotopic (exact) mass is 386 g/mol. The normalized spacial score (nSPS) is 17.4. The van der Waals surface area contributed by atoms with E-state index in [1.54, 1.807) is 54.6 Å². The molecular formula is C21H26N2O3S. The molecule has 1 aliphatic heterocycles. The van der Waals surface area contributed by atoms with Crippen LogP contribution >= 0.6 is 0 Å². The fourth-order valence-corrected chi connectivity index (χ4v) is 4.84. The van der Waals surface area contributed by atoms with E-state index in [0.29, 0.717) is 23.6 Å². The number of piperidine rings is 1. The Kier molecular flexibility index (Phi) is 6.63. The molecule has 0 radical (unpaired) electrons. The molecule has 1 aliphatic rings. The van der Waals surface area contributed by atoms with Gasteiger partial charge in [0.2, 0.25) is 0 Å². The second-order valence-corrected chi connectivity index (χ2v) is 8.98. The van der Waals surface area contributed by atoms with Gasteiger partial charge in [0.15, 0.2) is 9.84 Å². The molecule has 5 nitrogen and oxygen atoms in total. The highest BCUT2D eigenvalue weighted by Crippen LogP contribution is 2.19. The summed E-state index contributed by atoms with van der Waals surface area (Å²) in [6.45, 7) is 2.68. The van der Waals surface area contributed by atoms with Crippen molar-refractivity contribution in [1.82, 2.24) is 10.6 Å². The molecule has 0 aromatic heterocycles. The average molecular weight is 387 g/mol. The molecule has 1 amide bonds. The van der Waals surface area contributed by atoms with Crippen LogP contribution in [0.3, 0.4) is 0 Å². The molecule has 0 spiro atoms. The topological polar surface area (TPSA) is 75.3 Å². The molecule has 1 unspecified atom stereocenters. The van der Waals surface area contributed by atoms with Gasteiger partial charge in [0.1, 0.15) is 0 Å². The predicted molar refractivity (Wildman–Crippen MR) is 106 cm³/mol. The van der Waals surface area contributed by atoms with Crippen LogP contribution in [-0.4, -0.2) is 34.0 Å². The molecule has 1 saturated heterocycles. The Morgan fingerprint density at radius 3 is 2.56 bits per heavy atom. The van der Waals surface area contributed by atoms with Crippen molar-refractivity contribution in [3.05, 3.63) is 65.7 Å². The lowest BCUT2D eigenvalue weighted by Crippen LogP contribution is -2.33. The maximum atomic E-state index is 12.7. The van der Waals surface area contributed by atoms with E-state index in [1.165, 1.54) is 12.8 Å². The second-order valence-electron chi connectivity index (χ2n) is 6.99. The minimum absolute atomic E-state index is 0.187. The fourth-order valence-electron chi connectivity index (χ4n) is 3.44. The van der Waals surface area contributed by atoms with Gasteiger partial charge < -0.3 is 10.6 Å². The molecule has 2 aromatic rings. The Balaban J connectivity index is 1.65. The van der Waals surface area contributed by atoms with Crippen LogP contribution in [0, 0.1) is 5.92 Å². The molecular weight excluding hydrogens is 360 g/mol. The largest absolute Gasteiger partial charge is 0.352 e. The van der Waals surface area contributed by atoms with E-state index in [9.17, 15) is 13.2 Å². The molecule has 0 bridgehead atoms. The number of sulfone groups is 1. The first-order valence-electron chi connectivity index (χ1n) is 9.41. The number of hydrogen-bond donors (Lipinski definition) is 2. The molecule has 0 saturated carbocycles. The summed E-state index contributed by atoms with van der Waals surface area (Å²) in [5.74, 6) is 0.193. The van der Waals surface area contributed by atoms with E-state index in [4.69, 9.17) is 0 Å². The third-order valence-corrected chi connectivity index (χ3v) is 6.63. The quantitative estimate of drug-likeness (QED) is 0.767. The highest BCUT2D eigenvalue weighted by atomic mass is 32.2. The highest BCUT2D eigenvalue weighted by molar-refractivity contribution is 7.90. The van der Waals surface area contributed by atoms with Gasteiger partial charge in [-0.2, -0.15) is 0 Å². The number of nitrogens with one attached hydrogen (secondary N) is 2. The van der Waals surface area contributed by atoms with Gasteiger partial charge in [0, 0.05) is 12.1 Å². The van der Waals surface area contributed by atoms with Gasteiger partial charge >= 0.3 is 0 Å². The lowest BCUT2D eigenvalue weighted by atomic mass is 9.96. The zero-order chi connectivity index (χ0) is 19.1. The van der Waals surface area contributed by atoms with Crippen LogP contribution in [0.2, 0.25) is 0 Å². The van der Waals surface area contributed by atoms with Gasteiger partial charge in [0.05, 0.1) is 10.6 Å². The number of amides is 1. The number of benzene rings is 2. The number of carbonyl (C=O) groups excluding carboxylic acids is 1. The van der Waals surface area contributed by atoms with Gasteiger partial charge in [0.25, 0.3) is 5.91 Å². The molecule has 3 rings (SSSR count). The van der Waals surface area contributed by atoms with E-state index < -0.39 is 9.84 Å². The molecule has 1 fully saturated rings. The van der Waals surface area contributed by atoms with E-state index in [2.05, 4.69) is 10.6 Å². The Hall–Kier alpha value is -2.18. The number of rotatable bonds is 7. The second kappa shape index (κ2) is 9.15. The lowest BCUT2D eigenvalue weighted by Gasteiger charge is -2.22. The van der Waals surface area contributed by atoms with Gasteiger partial charge in [-0.15, -0.1) is 0 Å². The highest BCUT2D eigenvalue weighted by Gasteiger charge is 2.20. The van der Waals surface area contributed by atoms with Crippen molar-refractivity contribution >= 4 is 15.7 Å². The minimum atomic E-state index is -3.50. The summed E-state index contributed by atoms with van der Waals surface area (Å²) in [5.41, 5.74) is 0.956. The van der Waals surface area contributed by atoms with Crippen LogP contribution < -0.4 is 10.6 Å². The molecule has 1 atom stereocenters. The maximum absolute atomic E-state index is 12.7. The van der Waals surface area contributed by atoms with Crippen LogP contribution in [0.15, 0.2) is 59.5 Å². The van der Waals surface area contributed by atoms with Crippen molar-refractivity contribution in [2.24, 2.45) is 5.92 Å². The average Bonchev–Trinajstić information content (AvgIpc) is 2.69. The molecule has 2 N–H and O–H groups in total. The first-order chi connectivity index (χ1) is 13.1. The van der Waals surface area contributed by atoms with Crippen molar-refractivity contribution in [3.63, 3.8) is 0 Å². The van der Waals surface area contributed by atoms with Gasteiger partial charge in [-0.25, -0.2) is 8.42 Å². The molecule has 1 heterocycles. The minimum Gasteiger partial charge on any atom is -0.352 e. The lowest BCUT2D eigenvalue weighted by molar-refractivity contribution is 0.0950. The summed E-state index contributed by atoms with van der Waals surface area (Å²) in [5, 5.41) is 6.33. The summed E-state index contributed by atoms with van der Waals surface area (Å²) < 4.78 is 25.3. The van der Waals surface area contributed by atoms with Crippen molar-refractivity contribution in [3.8, 4) is 0 Å². The third-order valence-electron chi connectivity index (χ3n) is 4.95. The number of carbonyl (C=O) groups is 1. The SMILES string of the molecule is O=C(NCCC1CCCNC1)c1ccccc1CS(=O)(=O)c1ccccc1. The van der Waals surface area contributed by atoms with E-state index in [-0.39, 0.29) is 16.6 Å². The van der Waals surface area contributed by atoms with E-state index in [0.717, 1.165) is 19.5 Å². The zero-order valence-electron chi connectivity index (χ0n) is 15.4. The smallest absolute Gasteiger partial charge is 0.251 e. The Morgan fingerprint density at radius 2 is 1.81 bits per heavy atom. The van der Waals surface area contributed by atoms with Gasteiger partial charge in [-0.1, -0.05) is 36.4 Å². The van der Waals surface area contributed by atoms with Gasteiger partial charge in [-0.3, -0.25) is 4.79 Å². The zero-order valence-corrected chi connectivity index (χ0v) is 16.2. The van der Waals surface area contributed by atoms with Crippen LogP contribution in [0.4, 0.5) is 0 Å². The van der Waals surface area contributed by atoms with Crippen LogP contribution in [0.25, 0.3) is 0 Å². The van der Waals surface area contributed by atoms with E-state index >= 15 is 0 Å². The summed E-state index contributed by atoms with van der Waals surface area (Å²) in [6.07, 6.45) is 3.30. The van der Waals surface area contributed by atoms with Crippen molar-refractivity contribution in [2.75, 3.05) is 19.6 Å². The molecule has 27 heavy (non-hydrogen) atoms. The molecule has 0 aliphatic carbocycles. The predicted octanol–water partition coefficient (Wildman–Crippen LogP) is 2.78. The first kappa shape index (κ1) is 19.6. The molecule has 6 heteroatoms. The Bertz CT molecular complexity index is 860. The first-order valence-corrected chi connectivity index (χ1v) is 11.1. The Morgan fingerprint density at radius 1 is 1.07 bits per heavy atom. The van der Waals surface area contributed by atoms with Gasteiger partial charge in [-0.05, 0) is 62.0 Å². The molecule has 144 valence electrons. The standard InChI is InChI=1S/C21H26N2O3S/c24-21(23-14-12-17-7-6-13-22-15-17)20-11-5-4-8-18(20)16-27(25,26)19-9-2-1-3-10-19/h1-5,8-11,17,22H,6-7,12-16H2,(H,23,24). The summed E-state index contributed by atoms with van der Waals surface area (Å²) in [7, 11) is -3.50. The molecule has 2 aromatic carbocycles. The van der Waals surface area contributed by atoms with E-state index in [1.807, 2.05) is 0 Å². The summed E-state index contributed by atoms with van der Waals surface area (Å²) in [6, 6.07) is 15.3. The third kappa shape index (κ3) is 5.40. The summed E-state index contributed by atoms with van der Waals surface area (Å²) in [4.78, 5) is 12.9. The van der Waals surface area contributed by atoms with Crippen molar-refractivity contribution in [1.29, 1.82) is 0 Å². The van der Waals surface area contributed by atoms with Crippen LogP contribution in [0.5, 0.6) is 0 Å². The fraction of sp³-hybridized carbons (Fsp3) is 0.381. The maximum Gasteiger partial charge on any atom is 0.251 e. The summed E-state index contributed by atoms with van der Waals surface area (Å²) >= 11 is 0. The van der Waals surface area contributed by atoms with Crippen molar-refractivity contribution < 1.29 is 13.2 Å². The number of hydrogen-bond acceptors (Lipinski definition) is 4. The Labute approximate surface area is 161 Å².